The molecule has 0 saturated heterocycles. The van der Waals surface area contributed by atoms with Gasteiger partial charge in [-0.2, -0.15) is 0 Å². The van der Waals surface area contributed by atoms with Crippen molar-refractivity contribution < 1.29 is 13.6 Å². The average Bonchev–Trinajstić information content (AvgIpc) is 2.47. The summed E-state index contributed by atoms with van der Waals surface area (Å²) in [5.74, 6) is -1.21. The van der Waals surface area contributed by atoms with Crippen molar-refractivity contribution in [2.24, 2.45) is 11.1 Å². The smallest absolute Gasteiger partial charge is 0.220 e. The van der Waals surface area contributed by atoms with Crippen LogP contribution < -0.4 is 11.1 Å². The summed E-state index contributed by atoms with van der Waals surface area (Å²) in [6.07, 6.45) is 6.35. The van der Waals surface area contributed by atoms with Gasteiger partial charge >= 0.3 is 0 Å². The highest BCUT2D eigenvalue weighted by atomic mass is 19.1. The number of hydrogen-bond acceptors (Lipinski definition) is 2. The molecule has 1 aromatic carbocycles. The second-order valence-electron chi connectivity index (χ2n) is 6.32. The highest BCUT2D eigenvalue weighted by Crippen LogP contribution is 2.38. The van der Waals surface area contributed by atoms with E-state index < -0.39 is 11.6 Å². The Balaban J connectivity index is 1.79. The molecule has 0 spiro atoms. The number of carbonyl (C=O) groups excluding carboxylic acids is 1. The zero-order chi connectivity index (χ0) is 16.0. The molecule has 122 valence electrons. The van der Waals surface area contributed by atoms with Gasteiger partial charge < -0.3 is 11.1 Å². The molecule has 0 aliphatic heterocycles. The summed E-state index contributed by atoms with van der Waals surface area (Å²) in [5, 5.41) is 2.84. The molecular weight excluding hydrogens is 286 g/mol. The number of rotatable bonds is 6. The number of halogens is 2. The van der Waals surface area contributed by atoms with E-state index in [0.29, 0.717) is 31.5 Å². The molecule has 3 N–H and O–H groups in total. The third-order valence-corrected chi connectivity index (χ3v) is 4.54. The van der Waals surface area contributed by atoms with Crippen molar-refractivity contribution in [3.05, 3.63) is 35.4 Å². The van der Waals surface area contributed by atoms with Crippen LogP contribution in [-0.4, -0.2) is 19.0 Å². The molecule has 2 rings (SSSR count). The number of nitrogens with one attached hydrogen (secondary N) is 1. The van der Waals surface area contributed by atoms with E-state index in [9.17, 15) is 13.6 Å². The Labute approximate surface area is 130 Å². The molecule has 5 heteroatoms. The Morgan fingerprint density at radius 2 is 1.77 bits per heavy atom. The summed E-state index contributed by atoms with van der Waals surface area (Å²) in [7, 11) is 0. The van der Waals surface area contributed by atoms with Gasteiger partial charge in [-0.15, -0.1) is 0 Å². The zero-order valence-electron chi connectivity index (χ0n) is 12.8. The average molecular weight is 310 g/mol. The molecular formula is C17H24F2N2O. The Kier molecular flexibility index (Phi) is 5.89. The molecule has 1 aromatic rings. The van der Waals surface area contributed by atoms with Gasteiger partial charge in [0.25, 0.3) is 0 Å². The molecule has 0 aromatic heterocycles. The van der Waals surface area contributed by atoms with Crippen LogP contribution in [0, 0.1) is 17.0 Å². The Morgan fingerprint density at radius 3 is 2.36 bits per heavy atom. The zero-order valence-corrected chi connectivity index (χ0v) is 12.8. The molecule has 0 bridgehead atoms. The minimum atomic E-state index is -0.592. The minimum absolute atomic E-state index is 0.0239. The molecule has 1 aliphatic carbocycles. The monoisotopic (exact) mass is 310 g/mol. The van der Waals surface area contributed by atoms with E-state index in [2.05, 4.69) is 5.32 Å². The largest absolute Gasteiger partial charge is 0.356 e. The lowest BCUT2D eigenvalue weighted by molar-refractivity contribution is -0.123. The van der Waals surface area contributed by atoms with E-state index >= 15 is 0 Å². The first-order chi connectivity index (χ1) is 10.5. The number of carbonyl (C=O) groups is 1. The van der Waals surface area contributed by atoms with Crippen LogP contribution in [0.5, 0.6) is 0 Å². The van der Waals surface area contributed by atoms with E-state index in [1.54, 1.807) is 0 Å². The lowest BCUT2D eigenvalue weighted by atomic mass is 9.71. The molecule has 1 fully saturated rings. The van der Waals surface area contributed by atoms with Crippen LogP contribution in [0.15, 0.2) is 18.2 Å². The Hall–Kier alpha value is -1.49. The highest BCUT2D eigenvalue weighted by molar-refractivity contribution is 5.76. The normalized spacial score (nSPS) is 17.2. The van der Waals surface area contributed by atoms with Gasteiger partial charge in [-0.1, -0.05) is 19.3 Å². The fraction of sp³-hybridized carbons (Fsp3) is 0.588. The van der Waals surface area contributed by atoms with Crippen LogP contribution in [-0.2, 0) is 11.2 Å². The first-order valence-electron chi connectivity index (χ1n) is 7.95. The highest BCUT2D eigenvalue weighted by Gasteiger charge is 2.32. The Morgan fingerprint density at radius 1 is 1.14 bits per heavy atom. The SMILES string of the molecule is NCC1(CC(=O)NCCc2cc(F)cc(F)c2)CCCCC1. The van der Waals surface area contributed by atoms with Gasteiger partial charge in [-0.3, -0.25) is 4.79 Å². The molecule has 1 saturated carbocycles. The van der Waals surface area contributed by atoms with Crippen molar-refractivity contribution in [3.63, 3.8) is 0 Å². The molecule has 1 aliphatic rings. The maximum atomic E-state index is 13.1. The minimum Gasteiger partial charge on any atom is -0.356 e. The third kappa shape index (κ3) is 4.77. The molecule has 0 atom stereocenters. The number of amides is 1. The van der Waals surface area contributed by atoms with Gasteiger partial charge in [0, 0.05) is 19.0 Å². The van der Waals surface area contributed by atoms with E-state index in [-0.39, 0.29) is 11.3 Å². The van der Waals surface area contributed by atoms with Gasteiger partial charge in [0.05, 0.1) is 0 Å². The van der Waals surface area contributed by atoms with Crippen LogP contribution in [0.25, 0.3) is 0 Å². The van der Waals surface area contributed by atoms with Crippen molar-refractivity contribution in [2.75, 3.05) is 13.1 Å². The van der Waals surface area contributed by atoms with E-state index in [0.717, 1.165) is 31.7 Å². The number of nitrogens with two attached hydrogens (primary N) is 1. The Bertz CT molecular complexity index is 493. The summed E-state index contributed by atoms with van der Waals surface area (Å²) in [6, 6.07) is 3.42. The fourth-order valence-electron chi connectivity index (χ4n) is 3.26. The first kappa shape index (κ1) is 16.9. The lowest BCUT2D eigenvalue weighted by Gasteiger charge is -2.35. The van der Waals surface area contributed by atoms with Crippen LogP contribution >= 0.6 is 0 Å². The summed E-state index contributed by atoms with van der Waals surface area (Å²) < 4.78 is 26.2. The van der Waals surface area contributed by atoms with Crippen molar-refractivity contribution in [3.8, 4) is 0 Å². The van der Waals surface area contributed by atoms with Crippen LogP contribution in [0.4, 0.5) is 8.78 Å². The molecule has 0 radical (unpaired) electrons. The molecule has 22 heavy (non-hydrogen) atoms. The van der Waals surface area contributed by atoms with Crippen LogP contribution in [0.3, 0.4) is 0 Å². The van der Waals surface area contributed by atoms with E-state index in [1.807, 2.05) is 0 Å². The summed E-state index contributed by atoms with van der Waals surface area (Å²) in [4.78, 5) is 12.1. The van der Waals surface area contributed by atoms with E-state index in [1.165, 1.54) is 18.6 Å². The van der Waals surface area contributed by atoms with Gasteiger partial charge in [0.1, 0.15) is 11.6 Å². The molecule has 0 heterocycles. The van der Waals surface area contributed by atoms with Gasteiger partial charge in [-0.25, -0.2) is 8.78 Å². The predicted molar refractivity (Wildman–Crippen MR) is 82.3 cm³/mol. The maximum Gasteiger partial charge on any atom is 0.220 e. The second-order valence-corrected chi connectivity index (χ2v) is 6.32. The topological polar surface area (TPSA) is 55.1 Å². The first-order valence-corrected chi connectivity index (χ1v) is 7.95. The molecule has 1 amide bonds. The van der Waals surface area contributed by atoms with Gasteiger partial charge in [0.15, 0.2) is 0 Å². The van der Waals surface area contributed by atoms with E-state index in [4.69, 9.17) is 5.73 Å². The van der Waals surface area contributed by atoms with Crippen molar-refractivity contribution >= 4 is 5.91 Å². The van der Waals surface area contributed by atoms with Gasteiger partial charge in [0.2, 0.25) is 5.91 Å². The lowest BCUT2D eigenvalue weighted by Crippen LogP contribution is -2.39. The molecule has 0 unspecified atom stereocenters. The van der Waals surface area contributed by atoms with Crippen LogP contribution in [0.1, 0.15) is 44.1 Å². The number of hydrogen-bond donors (Lipinski definition) is 2. The number of benzene rings is 1. The summed E-state index contributed by atoms with van der Waals surface area (Å²) >= 11 is 0. The second kappa shape index (κ2) is 7.68. The van der Waals surface area contributed by atoms with Crippen molar-refractivity contribution in [2.45, 2.75) is 44.9 Å². The summed E-state index contributed by atoms with van der Waals surface area (Å²) in [6.45, 7) is 0.915. The molecule has 3 nitrogen and oxygen atoms in total. The van der Waals surface area contributed by atoms with Crippen molar-refractivity contribution in [1.82, 2.24) is 5.32 Å². The van der Waals surface area contributed by atoms with Gasteiger partial charge in [-0.05, 0) is 48.9 Å². The standard InChI is InChI=1S/C17H24F2N2O/c18-14-8-13(9-15(19)10-14)4-7-21-16(22)11-17(12-20)5-2-1-3-6-17/h8-10H,1-7,11-12,20H2,(H,21,22). The van der Waals surface area contributed by atoms with Crippen molar-refractivity contribution in [1.29, 1.82) is 0 Å². The summed E-state index contributed by atoms with van der Waals surface area (Å²) in [5.41, 5.74) is 6.36. The quantitative estimate of drug-likeness (QED) is 0.849. The third-order valence-electron chi connectivity index (χ3n) is 4.54. The predicted octanol–water partition coefficient (Wildman–Crippen LogP) is 2.92. The van der Waals surface area contributed by atoms with Crippen LogP contribution in [0.2, 0.25) is 0 Å². The maximum absolute atomic E-state index is 13.1. The fourth-order valence-corrected chi connectivity index (χ4v) is 3.26.